The second-order valence-corrected chi connectivity index (χ2v) is 6.95. The predicted octanol–water partition coefficient (Wildman–Crippen LogP) is 3.68. The van der Waals surface area contributed by atoms with E-state index < -0.39 is 18.5 Å². The first kappa shape index (κ1) is 19.2. The van der Waals surface area contributed by atoms with Gasteiger partial charge in [0.2, 0.25) is 0 Å². The molecule has 0 heterocycles. The Kier molecular flexibility index (Phi) is 5.98. The van der Waals surface area contributed by atoms with Crippen molar-refractivity contribution in [2.45, 2.75) is 18.9 Å². The lowest BCUT2D eigenvalue weighted by Crippen LogP contribution is -2.28. The molecule has 1 aliphatic carbocycles. The van der Waals surface area contributed by atoms with Crippen LogP contribution in [0.15, 0.2) is 42.5 Å². The van der Waals surface area contributed by atoms with Crippen LogP contribution in [-0.2, 0) is 9.53 Å². The van der Waals surface area contributed by atoms with Gasteiger partial charge in [0.15, 0.2) is 6.61 Å². The number of benzene rings is 2. The quantitative estimate of drug-likeness (QED) is 0.716. The van der Waals surface area contributed by atoms with Gasteiger partial charge in [0.1, 0.15) is 0 Å². The van der Waals surface area contributed by atoms with Crippen molar-refractivity contribution >= 4 is 46.7 Å². The third-order valence-electron chi connectivity index (χ3n) is 3.79. The van der Waals surface area contributed by atoms with Crippen LogP contribution in [0.1, 0.15) is 33.6 Å². The van der Waals surface area contributed by atoms with E-state index >= 15 is 0 Å². The Bertz CT molecular complexity index is 877. The second-order valence-electron chi connectivity index (χ2n) is 6.08. The van der Waals surface area contributed by atoms with Gasteiger partial charge < -0.3 is 15.4 Å². The Morgan fingerprint density at radius 1 is 1.04 bits per heavy atom. The van der Waals surface area contributed by atoms with Gasteiger partial charge in [-0.05, 0) is 43.2 Å². The highest BCUT2D eigenvalue weighted by molar-refractivity contribution is 6.35. The van der Waals surface area contributed by atoms with Gasteiger partial charge in [-0.25, -0.2) is 4.79 Å². The summed E-state index contributed by atoms with van der Waals surface area (Å²) in [6, 6.07) is 11.1. The normalized spacial score (nSPS) is 13.0. The third-order valence-corrected chi connectivity index (χ3v) is 4.23. The number of esters is 1. The zero-order chi connectivity index (χ0) is 19.4. The Morgan fingerprint density at radius 2 is 1.70 bits per heavy atom. The maximum Gasteiger partial charge on any atom is 0.338 e. The van der Waals surface area contributed by atoms with Crippen molar-refractivity contribution in [3.05, 3.63) is 63.6 Å². The predicted molar refractivity (Wildman–Crippen MR) is 102 cm³/mol. The van der Waals surface area contributed by atoms with E-state index in [-0.39, 0.29) is 27.6 Å². The van der Waals surface area contributed by atoms with Crippen LogP contribution >= 0.6 is 23.2 Å². The zero-order valence-electron chi connectivity index (χ0n) is 14.1. The highest BCUT2D eigenvalue weighted by Crippen LogP contribution is 2.22. The first-order valence-electron chi connectivity index (χ1n) is 8.25. The van der Waals surface area contributed by atoms with Crippen LogP contribution in [-0.4, -0.2) is 30.4 Å². The van der Waals surface area contributed by atoms with Gasteiger partial charge in [0.25, 0.3) is 11.8 Å². The van der Waals surface area contributed by atoms with Gasteiger partial charge in [-0.1, -0.05) is 35.3 Å². The zero-order valence-corrected chi connectivity index (χ0v) is 15.6. The molecular weight excluding hydrogens is 391 g/mol. The molecule has 0 spiro atoms. The lowest BCUT2D eigenvalue weighted by molar-refractivity contribution is -0.119. The molecule has 1 saturated carbocycles. The summed E-state index contributed by atoms with van der Waals surface area (Å²) in [4.78, 5) is 36.4. The van der Waals surface area contributed by atoms with E-state index in [9.17, 15) is 14.4 Å². The van der Waals surface area contributed by atoms with Crippen molar-refractivity contribution in [2.24, 2.45) is 0 Å². The molecule has 8 heteroatoms. The van der Waals surface area contributed by atoms with Crippen molar-refractivity contribution in [3.63, 3.8) is 0 Å². The smallest absolute Gasteiger partial charge is 0.338 e. The van der Waals surface area contributed by atoms with Gasteiger partial charge in [0.05, 0.1) is 16.8 Å². The molecule has 0 atom stereocenters. The average molecular weight is 407 g/mol. The van der Waals surface area contributed by atoms with Crippen molar-refractivity contribution in [2.75, 3.05) is 11.9 Å². The van der Waals surface area contributed by atoms with Gasteiger partial charge in [-0.3, -0.25) is 9.59 Å². The molecule has 2 amide bonds. The molecule has 1 aliphatic rings. The van der Waals surface area contributed by atoms with Crippen molar-refractivity contribution in [1.82, 2.24) is 5.32 Å². The molecule has 27 heavy (non-hydrogen) atoms. The van der Waals surface area contributed by atoms with Crippen LogP contribution < -0.4 is 10.6 Å². The summed E-state index contributed by atoms with van der Waals surface area (Å²) in [7, 11) is 0. The van der Waals surface area contributed by atoms with E-state index in [1.165, 1.54) is 18.2 Å². The second kappa shape index (κ2) is 8.41. The van der Waals surface area contributed by atoms with Crippen LogP contribution in [0.2, 0.25) is 10.0 Å². The van der Waals surface area contributed by atoms with Crippen molar-refractivity contribution < 1.29 is 19.1 Å². The molecule has 3 rings (SSSR count). The standard InChI is InChI=1S/C19H16Cl2N2O4/c20-12-7-11(8-13(21)9-12)19(26)27-10-17(24)23-16-4-2-1-3-15(16)18(25)22-14-5-6-14/h1-4,7-9,14H,5-6,10H2,(H,22,25)(H,23,24). The number of hydrogen-bond acceptors (Lipinski definition) is 4. The monoisotopic (exact) mass is 406 g/mol. The van der Waals surface area contributed by atoms with Crippen molar-refractivity contribution in [3.8, 4) is 0 Å². The van der Waals surface area contributed by atoms with Gasteiger partial charge in [-0.15, -0.1) is 0 Å². The number of anilines is 1. The third kappa shape index (κ3) is 5.45. The minimum absolute atomic E-state index is 0.143. The first-order chi connectivity index (χ1) is 12.9. The lowest BCUT2D eigenvalue weighted by Gasteiger charge is -2.11. The molecule has 0 aliphatic heterocycles. The fraction of sp³-hybridized carbons (Fsp3) is 0.211. The summed E-state index contributed by atoms with van der Waals surface area (Å²) >= 11 is 11.7. The summed E-state index contributed by atoms with van der Waals surface area (Å²) < 4.78 is 4.98. The summed E-state index contributed by atoms with van der Waals surface area (Å²) in [5.74, 6) is -1.54. The fourth-order valence-electron chi connectivity index (χ4n) is 2.35. The number of halogens is 2. The summed E-state index contributed by atoms with van der Waals surface area (Å²) in [6.45, 7) is -0.512. The largest absolute Gasteiger partial charge is 0.452 e. The Balaban J connectivity index is 1.59. The molecule has 0 saturated heterocycles. The molecule has 6 nitrogen and oxygen atoms in total. The Morgan fingerprint density at radius 3 is 2.37 bits per heavy atom. The fourth-order valence-corrected chi connectivity index (χ4v) is 2.88. The molecule has 0 aromatic heterocycles. The maximum absolute atomic E-state index is 12.2. The number of carbonyl (C=O) groups is 3. The number of ether oxygens (including phenoxy) is 1. The topological polar surface area (TPSA) is 84.5 Å². The molecule has 2 aromatic carbocycles. The number of rotatable bonds is 6. The Labute approximate surface area is 165 Å². The van der Waals surface area contributed by atoms with E-state index in [2.05, 4.69) is 10.6 Å². The van der Waals surface area contributed by atoms with Gasteiger partial charge in [-0.2, -0.15) is 0 Å². The van der Waals surface area contributed by atoms with Crippen LogP contribution in [0, 0.1) is 0 Å². The molecule has 0 bridgehead atoms. The SMILES string of the molecule is O=C(COC(=O)c1cc(Cl)cc(Cl)c1)Nc1ccccc1C(=O)NC1CC1. The highest BCUT2D eigenvalue weighted by Gasteiger charge is 2.25. The van der Waals surface area contributed by atoms with Crippen LogP contribution in [0.4, 0.5) is 5.69 Å². The summed E-state index contributed by atoms with van der Waals surface area (Å²) in [5.41, 5.74) is 0.845. The van der Waals surface area contributed by atoms with Crippen LogP contribution in [0.3, 0.4) is 0 Å². The van der Waals surface area contributed by atoms with Gasteiger partial charge >= 0.3 is 5.97 Å². The van der Waals surface area contributed by atoms with Crippen LogP contribution in [0.25, 0.3) is 0 Å². The lowest BCUT2D eigenvalue weighted by atomic mass is 10.1. The molecule has 1 fully saturated rings. The van der Waals surface area contributed by atoms with Crippen LogP contribution in [0.5, 0.6) is 0 Å². The van der Waals surface area contributed by atoms with E-state index in [1.54, 1.807) is 24.3 Å². The number of carbonyl (C=O) groups excluding carboxylic acids is 3. The summed E-state index contributed by atoms with van der Waals surface area (Å²) in [5, 5.41) is 6.02. The molecule has 0 unspecified atom stereocenters. The van der Waals surface area contributed by atoms with Gasteiger partial charge in [0, 0.05) is 16.1 Å². The van der Waals surface area contributed by atoms with E-state index in [4.69, 9.17) is 27.9 Å². The molecular formula is C19H16Cl2N2O4. The number of hydrogen-bond donors (Lipinski definition) is 2. The average Bonchev–Trinajstić information content (AvgIpc) is 3.43. The molecule has 140 valence electrons. The minimum Gasteiger partial charge on any atom is -0.452 e. The number of nitrogens with one attached hydrogen (secondary N) is 2. The summed E-state index contributed by atoms with van der Waals surface area (Å²) in [6.07, 6.45) is 1.92. The van der Waals surface area contributed by atoms with E-state index in [0.29, 0.717) is 11.3 Å². The van der Waals surface area contributed by atoms with E-state index in [1.807, 2.05) is 0 Å². The van der Waals surface area contributed by atoms with E-state index in [0.717, 1.165) is 12.8 Å². The highest BCUT2D eigenvalue weighted by atomic mass is 35.5. The van der Waals surface area contributed by atoms with Crippen molar-refractivity contribution in [1.29, 1.82) is 0 Å². The molecule has 2 aromatic rings. The molecule has 0 radical (unpaired) electrons. The first-order valence-corrected chi connectivity index (χ1v) is 9.01. The minimum atomic E-state index is -0.727. The number of para-hydroxylation sites is 1. The molecule has 2 N–H and O–H groups in total. The maximum atomic E-state index is 12.2. The Hall–Kier alpha value is -2.57. The number of amides is 2.